The van der Waals surface area contributed by atoms with Gasteiger partial charge in [-0.15, -0.1) is 11.3 Å². The van der Waals surface area contributed by atoms with Gasteiger partial charge in [0, 0.05) is 21.9 Å². The standard InChI is InChI=1S/C17H12BrN3S/c1-9-5-12(18)7-13-10(2)20-17(21-16(9)13)14-6-11-3-4-22-15(11)8-19-14/h3-8H,2H2,1H3,(H,20,21). The van der Waals surface area contributed by atoms with Crippen LogP contribution in [-0.2, 0) is 0 Å². The predicted octanol–water partition coefficient (Wildman–Crippen LogP) is 5.02. The van der Waals surface area contributed by atoms with Gasteiger partial charge in [0.05, 0.1) is 10.4 Å². The van der Waals surface area contributed by atoms with E-state index in [0.29, 0.717) is 0 Å². The molecule has 0 unspecified atom stereocenters. The third-order valence-corrected chi connectivity index (χ3v) is 4.99. The maximum Gasteiger partial charge on any atom is 0.157 e. The number of hydrogen-bond donors (Lipinski definition) is 1. The predicted molar refractivity (Wildman–Crippen MR) is 96.9 cm³/mol. The molecule has 0 spiro atoms. The molecular formula is C17H12BrN3S. The number of aliphatic imine (C=N–C) groups is 1. The molecule has 22 heavy (non-hydrogen) atoms. The number of rotatable bonds is 1. The Bertz CT molecular complexity index is 956. The van der Waals surface area contributed by atoms with Gasteiger partial charge in [-0.1, -0.05) is 22.5 Å². The van der Waals surface area contributed by atoms with Crippen molar-refractivity contribution in [2.45, 2.75) is 6.92 Å². The molecule has 3 aromatic rings. The zero-order valence-electron chi connectivity index (χ0n) is 11.9. The number of nitrogens with zero attached hydrogens (tertiary/aromatic N) is 2. The molecule has 0 fully saturated rings. The van der Waals surface area contributed by atoms with Crippen LogP contribution in [0.25, 0.3) is 15.8 Å². The van der Waals surface area contributed by atoms with Gasteiger partial charge in [-0.2, -0.15) is 0 Å². The molecule has 0 saturated carbocycles. The van der Waals surface area contributed by atoms with Gasteiger partial charge in [-0.3, -0.25) is 4.98 Å². The van der Waals surface area contributed by atoms with Gasteiger partial charge >= 0.3 is 0 Å². The molecule has 1 N–H and O–H groups in total. The molecule has 3 nitrogen and oxygen atoms in total. The van der Waals surface area contributed by atoms with E-state index in [4.69, 9.17) is 4.99 Å². The van der Waals surface area contributed by atoms with Gasteiger partial charge in [0.15, 0.2) is 5.84 Å². The van der Waals surface area contributed by atoms with Gasteiger partial charge in [0.25, 0.3) is 0 Å². The fraction of sp³-hybridized carbons (Fsp3) is 0.0588. The molecule has 1 aliphatic rings. The normalized spacial score (nSPS) is 13.7. The number of halogens is 1. The van der Waals surface area contributed by atoms with Crippen molar-refractivity contribution >= 4 is 54.6 Å². The highest BCUT2D eigenvalue weighted by Gasteiger charge is 2.19. The van der Waals surface area contributed by atoms with Crippen LogP contribution in [0.15, 0.2) is 51.9 Å². The fourth-order valence-corrected chi connectivity index (χ4v) is 3.89. The average Bonchev–Trinajstić information content (AvgIpc) is 2.95. The Morgan fingerprint density at radius 3 is 3.00 bits per heavy atom. The van der Waals surface area contributed by atoms with Crippen LogP contribution in [0.1, 0.15) is 16.8 Å². The average molecular weight is 370 g/mol. The summed E-state index contributed by atoms with van der Waals surface area (Å²) in [6, 6.07) is 8.26. The number of nitrogens with one attached hydrogen (secondary N) is 1. The summed E-state index contributed by atoms with van der Waals surface area (Å²) in [6.07, 6.45) is 1.90. The molecule has 0 amide bonds. The first-order valence-corrected chi connectivity index (χ1v) is 8.48. The number of aryl methyl sites for hydroxylation is 1. The van der Waals surface area contributed by atoms with Crippen LogP contribution in [0, 0.1) is 6.92 Å². The molecule has 0 aliphatic carbocycles. The fourth-order valence-electron chi connectivity index (χ4n) is 2.58. The molecule has 4 rings (SSSR count). The van der Waals surface area contributed by atoms with Crippen molar-refractivity contribution in [2.75, 3.05) is 0 Å². The summed E-state index contributed by atoms with van der Waals surface area (Å²) < 4.78 is 2.21. The third kappa shape index (κ3) is 2.17. The van der Waals surface area contributed by atoms with Crippen molar-refractivity contribution in [3.63, 3.8) is 0 Å². The zero-order chi connectivity index (χ0) is 15.3. The van der Waals surface area contributed by atoms with Crippen LogP contribution in [0.5, 0.6) is 0 Å². The Labute approximate surface area is 140 Å². The lowest BCUT2D eigenvalue weighted by Gasteiger charge is -2.21. The largest absolute Gasteiger partial charge is 0.338 e. The molecule has 1 aliphatic heterocycles. The molecule has 1 aromatic carbocycles. The number of pyridine rings is 1. The Kier molecular flexibility index (Phi) is 3.13. The van der Waals surface area contributed by atoms with E-state index in [1.807, 2.05) is 12.3 Å². The number of aromatic nitrogens is 1. The minimum Gasteiger partial charge on any atom is -0.338 e. The summed E-state index contributed by atoms with van der Waals surface area (Å²) in [5.74, 6) is 0.746. The maximum atomic E-state index is 4.76. The summed E-state index contributed by atoms with van der Waals surface area (Å²) >= 11 is 5.21. The lowest BCUT2D eigenvalue weighted by Crippen LogP contribution is -2.26. The monoisotopic (exact) mass is 369 g/mol. The Morgan fingerprint density at radius 1 is 1.27 bits per heavy atom. The smallest absolute Gasteiger partial charge is 0.157 e. The van der Waals surface area contributed by atoms with Crippen LogP contribution in [0.2, 0.25) is 0 Å². The highest BCUT2D eigenvalue weighted by molar-refractivity contribution is 9.10. The van der Waals surface area contributed by atoms with Crippen molar-refractivity contribution in [3.8, 4) is 0 Å². The summed E-state index contributed by atoms with van der Waals surface area (Å²) in [5, 5.41) is 6.53. The van der Waals surface area contributed by atoms with E-state index in [2.05, 4.69) is 63.3 Å². The number of amidine groups is 1. The van der Waals surface area contributed by atoms with Gasteiger partial charge in [0.1, 0.15) is 5.69 Å². The van der Waals surface area contributed by atoms with Crippen LogP contribution < -0.4 is 5.32 Å². The third-order valence-electron chi connectivity index (χ3n) is 3.67. The maximum absolute atomic E-state index is 4.76. The van der Waals surface area contributed by atoms with Gasteiger partial charge < -0.3 is 5.32 Å². The van der Waals surface area contributed by atoms with Gasteiger partial charge in [-0.05, 0) is 47.5 Å². The van der Waals surface area contributed by atoms with Crippen molar-refractivity contribution in [3.05, 3.63) is 63.7 Å². The summed E-state index contributed by atoms with van der Waals surface area (Å²) in [6.45, 7) is 6.18. The van der Waals surface area contributed by atoms with E-state index in [1.54, 1.807) is 11.3 Å². The second-order valence-electron chi connectivity index (χ2n) is 5.21. The van der Waals surface area contributed by atoms with E-state index >= 15 is 0 Å². The van der Waals surface area contributed by atoms with E-state index in [1.165, 1.54) is 10.1 Å². The van der Waals surface area contributed by atoms with E-state index in [9.17, 15) is 0 Å². The Hall–Kier alpha value is -1.98. The summed E-state index contributed by atoms with van der Waals surface area (Å²) in [7, 11) is 0. The number of fused-ring (bicyclic) bond motifs is 2. The molecule has 0 saturated heterocycles. The molecule has 2 aromatic heterocycles. The van der Waals surface area contributed by atoms with Crippen LogP contribution in [-0.4, -0.2) is 10.8 Å². The Balaban J connectivity index is 1.88. The van der Waals surface area contributed by atoms with Crippen molar-refractivity contribution < 1.29 is 0 Å². The van der Waals surface area contributed by atoms with Crippen molar-refractivity contribution in [1.29, 1.82) is 0 Å². The van der Waals surface area contributed by atoms with Crippen molar-refractivity contribution in [1.82, 2.24) is 10.3 Å². The lowest BCUT2D eigenvalue weighted by molar-refractivity contribution is 1.17. The minimum absolute atomic E-state index is 0.746. The van der Waals surface area contributed by atoms with Gasteiger partial charge in [-0.25, -0.2) is 4.99 Å². The lowest BCUT2D eigenvalue weighted by atomic mass is 10.0. The molecular weight excluding hydrogens is 358 g/mol. The van der Waals surface area contributed by atoms with E-state index in [0.717, 1.165) is 38.5 Å². The van der Waals surface area contributed by atoms with Crippen molar-refractivity contribution in [2.24, 2.45) is 4.99 Å². The number of hydrogen-bond acceptors (Lipinski definition) is 4. The second-order valence-corrected chi connectivity index (χ2v) is 7.07. The SMILES string of the molecule is C=C1NC(c2cc3ccsc3cn2)=Nc2c(C)cc(Br)cc21. The van der Waals surface area contributed by atoms with Gasteiger partial charge in [0.2, 0.25) is 0 Å². The van der Waals surface area contributed by atoms with E-state index < -0.39 is 0 Å². The molecule has 0 atom stereocenters. The highest BCUT2D eigenvalue weighted by atomic mass is 79.9. The second kappa shape index (κ2) is 5.04. The topological polar surface area (TPSA) is 37.3 Å². The zero-order valence-corrected chi connectivity index (χ0v) is 14.3. The highest BCUT2D eigenvalue weighted by Crippen LogP contribution is 2.35. The quantitative estimate of drug-likeness (QED) is 0.653. The first-order chi connectivity index (χ1) is 10.6. The molecule has 0 radical (unpaired) electrons. The molecule has 3 heterocycles. The first kappa shape index (κ1) is 13.7. The number of thiophene rings is 1. The molecule has 108 valence electrons. The summed E-state index contributed by atoms with van der Waals surface area (Å²) in [5.41, 5.74) is 4.76. The number of benzene rings is 1. The van der Waals surface area contributed by atoms with Crippen LogP contribution in [0.4, 0.5) is 5.69 Å². The molecule has 5 heteroatoms. The minimum atomic E-state index is 0.746. The van der Waals surface area contributed by atoms with Crippen LogP contribution in [0.3, 0.4) is 0 Å². The summed E-state index contributed by atoms with van der Waals surface area (Å²) in [4.78, 5) is 9.29. The first-order valence-electron chi connectivity index (χ1n) is 6.80. The molecule has 0 bridgehead atoms. The Morgan fingerprint density at radius 2 is 2.14 bits per heavy atom. The van der Waals surface area contributed by atoms with E-state index in [-0.39, 0.29) is 0 Å². The van der Waals surface area contributed by atoms with Crippen LogP contribution >= 0.6 is 27.3 Å².